The second-order valence-electron chi connectivity index (χ2n) is 4.98. The Bertz CT molecular complexity index is 600. The van der Waals surface area contributed by atoms with Crippen molar-refractivity contribution in [2.75, 3.05) is 6.54 Å². The van der Waals surface area contributed by atoms with E-state index in [2.05, 4.69) is 13.8 Å². The maximum Gasteiger partial charge on any atom is 0.0692 e. The van der Waals surface area contributed by atoms with Gasteiger partial charge in [-0.3, -0.25) is 4.68 Å². The number of aryl methyl sites for hydroxylation is 1. The number of hydrogen-bond acceptors (Lipinski definition) is 2. The number of benzene rings is 1. The zero-order valence-corrected chi connectivity index (χ0v) is 14.0. The lowest BCUT2D eigenvalue weighted by Gasteiger charge is -2.10. The summed E-state index contributed by atoms with van der Waals surface area (Å²) < 4.78 is 2.02. The molecule has 21 heavy (non-hydrogen) atoms. The molecule has 0 aliphatic heterocycles. The third kappa shape index (κ3) is 3.42. The summed E-state index contributed by atoms with van der Waals surface area (Å²) in [4.78, 5) is 0. The summed E-state index contributed by atoms with van der Waals surface area (Å²) in [5.41, 5.74) is 10.3. The van der Waals surface area contributed by atoms with Crippen LogP contribution in [0, 0.1) is 0 Å². The maximum atomic E-state index is 6.27. The van der Waals surface area contributed by atoms with Gasteiger partial charge in [-0.15, -0.1) is 0 Å². The highest BCUT2D eigenvalue weighted by molar-refractivity contribution is 6.35. The van der Waals surface area contributed by atoms with Crippen molar-refractivity contribution in [3.63, 3.8) is 0 Å². The monoisotopic (exact) mass is 325 g/mol. The van der Waals surface area contributed by atoms with Crippen molar-refractivity contribution >= 4 is 23.2 Å². The van der Waals surface area contributed by atoms with Crippen LogP contribution >= 0.6 is 23.2 Å². The molecule has 2 N–H and O–H groups in total. The lowest BCUT2D eigenvalue weighted by molar-refractivity contribution is 0.639. The molecule has 0 unspecified atom stereocenters. The molecular formula is C16H21Cl2N3. The lowest BCUT2D eigenvalue weighted by Crippen LogP contribution is -2.09. The number of halogens is 2. The molecule has 0 radical (unpaired) electrons. The van der Waals surface area contributed by atoms with Gasteiger partial charge in [0, 0.05) is 21.3 Å². The van der Waals surface area contributed by atoms with E-state index in [9.17, 15) is 0 Å². The molecule has 0 spiro atoms. The second kappa shape index (κ2) is 7.30. The third-order valence-corrected chi connectivity index (χ3v) is 4.39. The summed E-state index contributed by atoms with van der Waals surface area (Å²) in [6.07, 6.45) is 2.69. The molecule has 2 rings (SSSR count). The summed E-state index contributed by atoms with van der Waals surface area (Å²) in [6.45, 7) is 5.49. The van der Waals surface area contributed by atoms with E-state index in [1.807, 2.05) is 22.9 Å². The molecule has 1 aromatic carbocycles. The predicted octanol–water partition coefficient (Wildman–Crippen LogP) is 3.86. The predicted molar refractivity (Wildman–Crippen MR) is 89.3 cm³/mol. The molecule has 0 aliphatic rings. The third-order valence-electron chi connectivity index (χ3n) is 3.68. The standard InChI is InChI=1S/C16H21Cl2N3/c1-3-15-11(8-9-19)16(4-2)21(20-15)10-12-13(17)6-5-7-14(12)18/h5-7H,3-4,8-10,19H2,1-2H3. The molecule has 0 saturated carbocycles. The first-order valence-corrected chi connectivity index (χ1v) is 8.08. The van der Waals surface area contributed by atoms with Gasteiger partial charge in [-0.05, 0) is 43.5 Å². The van der Waals surface area contributed by atoms with Crippen molar-refractivity contribution in [1.82, 2.24) is 9.78 Å². The summed E-state index contributed by atoms with van der Waals surface area (Å²) >= 11 is 12.5. The van der Waals surface area contributed by atoms with Gasteiger partial charge >= 0.3 is 0 Å². The minimum Gasteiger partial charge on any atom is -0.330 e. The van der Waals surface area contributed by atoms with E-state index in [1.54, 1.807) is 0 Å². The molecule has 5 heteroatoms. The molecule has 0 fully saturated rings. The van der Waals surface area contributed by atoms with Crippen molar-refractivity contribution in [2.24, 2.45) is 5.73 Å². The molecule has 114 valence electrons. The molecule has 3 nitrogen and oxygen atoms in total. The molecular weight excluding hydrogens is 305 g/mol. The van der Waals surface area contributed by atoms with Gasteiger partial charge in [-0.1, -0.05) is 43.1 Å². The van der Waals surface area contributed by atoms with Crippen molar-refractivity contribution in [3.05, 3.63) is 50.8 Å². The molecule has 2 aromatic rings. The van der Waals surface area contributed by atoms with Gasteiger partial charge in [0.25, 0.3) is 0 Å². The van der Waals surface area contributed by atoms with E-state index in [0.717, 1.165) is 30.5 Å². The van der Waals surface area contributed by atoms with E-state index in [0.29, 0.717) is 23.1 Å². The molecule has 0 bridgehead atoms. The number of nitrogens with zero attached hydrogens (tertiary/aromatic N) is 2. The van der Waals surface area contributed by atoms with E-state index in [-0.39, 0.29) is 0 Å². The van der Waals surface area contributed by atoms with Gasteiger partial charge in [-0.25, -0.2) is 0 Å². The van der Waals surface area contributed by atoms with Crippen molar-refractivity contribution in [3.8, 4) is 0 Å². The highest BCUT2D eigenvalue weighted by Crippen LogP contribution is 2.26. The topological polar surface area (TPSA) is 43.8 Å². The normalized spacial score (nSPS) is 11.1. The number of aromatic nitrogens is 2. The van der Waals surface area contributed by atoms with Crippen molar-refractivity contribution in [2.45, 2.75) is 39.7 Å². The Morgan fingerprint density at radius 1 is 1.10 bits per heavy atom. The fraction of sp³-hybridized carbons (Fsp3) is 0.438. The Labute approximate surface area is 136 Å². The average molecular weight is 326 g/mol. The molecule has 0 saturated heterocycles. The molecule has 1 heterocycles. The number of rotatable bonds is 6. The van der Waals surface area contributed by atoms with Gasteiger partial charge in [0.1, 0.15) is 0 Å². The van der Waals surface area contributed by atoms with Gasteiger partial charge in [0.15, 0.2) is 0 Å². The number of hydrogen-bond donors (Lipinski definition) is 1. The number of nitrogens with two attached hydrogens (primary N) is 1. The van der Waals surface area contributed by atoms with Crippen LogP contribution in [0.3, 0.4) is 0 Å². The Balaban J connectivity index is 2.44. The summed E-state index contributed by atoms with van der Waals surface area (Å²) in [7, 11) is 0. The van der Waals surface area contributed by atoms with Crippen LogP contribution < -0.4 is 5.73 Å². The highest BCUT2D eigenvalue weighted by Gasteiger charge is 2.16. The second-order valence-corrected chi connectivity index (χ2v) is 5.79. The summed E-state index contributed by atoms with van der Waals surface area (Å²) in [6, 6.07) is 5.58. The van der Waals surface area contributed by atoms with Crippen molar-refractivity contribution < 1.29 is 0 Å². The summed E-state index contributed by atoms with van der Waals surface area (Å²) in [5.74, 6) is 0. The first-order chi connectivity index (χ1) is 10.1. The molecule has 0 aliphatic carbocycles. The molecule has 0 amide bonds. The van der Waals surface area contributed by atoms with E-state index >= 15 is 0 Å². The minimum atomic E-state index is 0.596. The largest absolute Gasteiger partial charge is 0.330 e. The van der Waals surface area contributed by atoms with Crippen LogP contribution in [0.1, 0.15) is 36.4 Å². The van der Waals surface area contributed by atoms with Crippen LogP contribution in [0.2, 0.25) is 10.0 Å². The first kappa shape index (κ1) is 16.3. The molecule has 0 atom stereocenters. The van der Waals surface area contributed by atoms with Gasteiger partial charge in [0.2, 0.25) is 0 Å². The van der Waals surface area contributed by atoms with Gasteiger partial charge in [-0.2, -0.15) is 5.10 Å². The molecule has 1 aromatic heterocycles. The minimum absolute atomic E-state index is 0.596. The fourth-order valence-corrected chi connectivity index (χ4v) is 3.18. The van der Waals surface area contributed by atoms with Crippen LogP contribution in [0.25, 0.3) is 0 Å². The first-order valence-electron chi connectivity index (χ1n) is 7.32. The van der Waals surface area contributed by atoms with Crippen LogP contribution in [0.15, 0.2) is 18.2 Å². The lowest BCUT2D eigenvalue weighted by atomic mass is 10.1. The van der Waals surface area contributed by atoms with Crippen molar-refractivity contribution in [1.29, 1.82) is 0 Å². The Morgan fingerprint density at radius 2 is 1.76 bits per heavy atom. The quantitative estimate of drug-likeness (QED) is 0.876. The SMILES string of the molecule is CCc1nn(Cc2c(Cl)cccc2Cl)c(CC)c1CCN. The average Bonchev–Trinajstić information content (AvgIpc) is 2.80. The Hall–Kier alpha value is -1.03. The maximum absolute atomic E-state index is 6.27. The smallest absolute Gasteiger partial charge is 0.0692 e. The highest BCUT2D eigenvalue weighted by atomic mass is 35.5. The zero-order chi connectivity index (χ0) is 15.4. The Morgan fingerprint density at radius 3 is 2.29 bits per heavy atom. The van der Waals surface area contributed by atoms with E-state index in [4.69, 9.17) is 34.0 Å². The van der Waals surface area contributed by atoms with Crippen LogP contribution in [-0.2, 0) is 25.8 Å². The van der Waals surface area contributed by atoms with Crippen LogP contribution in [0.4, 0.5) is 0 Å². The van der Waals surface area contributed by atoms with E-state index < -0.39 is 0 Å². The van der Waals surface area contributed by atoms with Crippen LogP contribution in [0.5, 0.6) is 0 Å². The Kier molecular flexibility index (Phi) is 5.68. The van der Waals surface area contributed by atoms with Gasteiger partial charge in [0.05, 0.1) is 12.2 Å². The van der Waals surface area contributed by atoms with Crippen LogP contribution in [-0.4, -0.2) is 16.3 Å². The van der Waals surface area contributed by atoms with E-state index in [1.165, 1.54) is 11.3 Å². The summed E-state index contributed by atoms with van der Waals surface area (Å²) in [5, 5.41) is 6.10. The zero-order valence-electron chi connectivity index (χ0n) is 12.5. The van der Waals surface area contributed by atoms with Gasteiger partial charge < -0.3 is 5.73 Å². The fourth-order valence-electron chi connectivity index (χ4n) is 2.67.